The fourth-order valence-electron chi connectivity index (χ4n) is 2.26. The van der Waals surface area contributed by atoms with Crippen LogP contribution in [0.5, 0.6) is 0 Å². The van der Waals surface area contributed by atoms with E-state index in [1.165, 1.54) is 6.42 Å². The van der Waals surface area contributed by atoms with Gasteiger partial charge in [0.1, 0.15) is 0 Å². The largest absolute Gasteiger partial charge is 0.285 e. The molecule has 0 aromatic rings. The third kappa shape index (κ3) is 2.68. The smallest absolute Gasteiger partial charge is 0.267 e. The zero-order chi connectivity index (χ0) is 10.1. The Balaban J connectivity index is 2.70. The standard InChI is InChI=1S/C9H18O3S/c1-7-5-3-4-6-9(7)8(2)13(10,11)12/h7-9H,3-6H2,1-2H3,(H,10,11,12). The highest BCUT2D eigenvalue weighted by molar-refractivity contribution is 7.86. The summed E-state index contributed by atoms with van der Waals surface area (Å²) in [5.41, 5.74) is 0. The van der Waals surface area contributed by atoms with Crippen molar-refractivity contribution in [3.63, 3.8) is 0 Å². The summed E-state index contributed by atoms with van der Waals surface area (Å²) in [5.74, 6) is 0.564. The van der Waals surface area contributed by atoms with E-state index in [0.717, 1.165) is 19.3 Å². The highest BCUT2D eigenvalue weighted by Crippen LogP contribution is 2.34. The van der Waals surface area contributed by atoms with Crippen LogP contribution >= 0.6 is 0 Å². The lowest BCUT2D eigenvalue weighted by Crippen LogP contribution is -2.32. The first-order chi connectivity index (χ1) is 5.93. The molecule has 13 heavy (non-hydrogen) atoms. The molecule has 1 rings (SSSR count). The van der Waals surface area contributed by atoms with E-state index in [9.17, 15) is 8.42 Å². The summed E-state index contributed by atoms with van der Waals surface area (Å²) >= 11 is 0. The quantitative estimate of drug-likeness (QED) is 0.704. The van der Waals surface area contributed by atoms with Crippen molar-refractivity contribution in [1.82, 2.24) is 0 Å². The van der Waals surface area contributed by atoms with Crippen molar-refractivity contribution in [2.75, 3.05) is 0 Å². The van der Waals surface area contributed by atoms with Crippen molar-refractivity contribution < 1.29 is 13.0 Å². The Bertz CT molecular complexity index is 258. The molecule has 3 nitrogen and oxygen atoms in total. The molecule has 0 bridgehead atoms. The summed E-state index contributed by atoms with van der Waals surface area (Å²) in [6, 6.07) is 0. The van der Waals surface area contributed by atoms with E-state index in [1.807, 2.05) is 0 Å². The Morgan fingerprint density at radius 1 is 1.31 bits per heavy atom. The Morgan fingerprint density at radius 2 is 1.85 bits per heavy atom. The summed E-state index contributed by atoms with van der Waals surface area (Å²) in [6.07, 6.45) is 4.30. The molecule has 3 unspecified atom stereocenters. The monoisotopic (exact) mass is 206 g/mol. The summed E-state index contributed by atoms with van der Waals surface area (Å²) in [4.78, 5) is 0. The van der Waals surface area contributed by atoms with E-state index in [1.54, 1.807) is 6.92 Å². The van der Waals surface area contributed by atoms with Crippen LogP contribution in [-0.4, -0.2) is 18.2 Å². The Labute approximate surface area is 80.3 Å². The molecule has 0 aromatic carbocycles. The fourth-order valence-corrected chi connectivity index (χ4v) is 3.11. The third-order valence-corrected chi connectivity index (χ3v) is 4.54. The Morgan fingerprint density at radius 3 is 2.31 bits per heavy atom. The van der Waals surface area contributed by atoms with Gasteiger partial charge in [-0.2, -0.15) is 8.42 Å². The second-order valence-corrected chi connectivity index (χ2v) is 5.92. The van der Waals surface area contributed by atoms with Gasteiger partial charge >= 0.3 is 0 Å². The molecular weight excluding hydrogens is 188 g/mol. The summed E-state index contributed by atoms with van der Waals surface area (Å²) in [6.45, 7) is 3.69. The van der Waals surface area contributed by atoms with Crippen LogP contribution in [0, 0.1) is 11.8 Å². The molecule has 0 heterocycles. The minimum Gasteiger partial charge on any atom is -0.285 e. The van der Waals surface area contributed by atoms with Crippen LogP contribution in [-0.2, 0) is 10.1 Å². The molecule has 3 atom stereocenters. The summed E-state index contributed by atoms with van der Waals surface area (Å²) < 4.78 is 30.8. The van der Waals surface area contributed by atoms with Gasteiger partial charge in [-0.3, -0.25) is 4.55 Å². The predicted molar refractivity (Wildman–Crippen MR) is 52.1 cm³/mol. The molecule has 0 radical (unpaired) electrons. The van der Waals surface area contributed by atoms with Gasteiger partial charge < -0.3 is 0 Å². The normalized spacial score (nSPS) is 32.8. The fraction of sp³-hybridized carbons (Fsp3) is 1.00. The maximum absolute atomic E-state index is 10.9. The molecule has 0 aromatic heterocycles. The van der Waals surface area contributed by atoms with Gasteiger partial charge in [0.2, 0.25) is 0 Å². The van der Waals surface area contributed by atoms with Crippen LogP contribution in [0.1, 0.15) is 39.5 Å². The second kappa shape index (κ2) is 3.96. The molecule has 1 saturated carbocycles. The van der Waals surface area contributed by atoms with Gasteiger partial charge in [-0.15, -0.1) is 0 Å². The van der Waals surface area contributed by atoms with Gasteiger partial charge in [0.05, 0.1) is 5.25 Å². The third-order valence-electron chi connectivity index (χ3n) is 3.25. The van der Waals surface area contributed by atoms with Crippen LogP contribution < -0.4 is 0 Å². The SMILES string of the molecule is CC1CCCCC1C(C)S(=O)(=O)O. The maximum atomic E-state index is 10.9. The van der Waals surface area contributed by atoms with Gasteiger partial charge in [-0.1, -0.05) is 26.2 Å². The van der Waals surface area contributed by atoms with E-state index in [-0.39, 0.29) is 5.92 Å². The van der Waals surface area contributed by atoms with E-state index >= 15 is 0 Å². The minimum absolute atomic E-state index is 0.142. The molecule has 1 fully saturated rings. The van der Waals surface area contributed by atoms with Crippen LogP contribution in [0.3, 0.4) is 0 Å². The number of hydrogen-bond acceptors (Lipinski definition) is 2. The van der Waals surface area contributed by atoms with Crippen molar-refractivity contribution in [3.8, 4) is 0 Å². The first-order valence-electron chi connectivity index (χ1n) is 4.89. The molecule has 0 amide bonds. The average molecular weight is 206 g/mol. The highest BCUT2D eigenvalue weighted by Gasteiger charge is 2.33. The van der Waals surface area contributed by atoms with Gasteiger partial charge in [0.25, 0.3) is 10.1 Å². The van der Waals surface area contributed by atoms with Crippen LogP contribution in [0.2, 0.25) is 0 Å². The lowest BCUT2D eigenvalue weighted by atomic mass is 9.79. The van der Waals surface area contributed by atoms with Gasteiger partial charge in [-0.05, 0) is 25.2 Å². The van der Waals surface area contributed by atoms with Crippen molar-refractivity contribution in [3.05, 3.63) is 0 Å². The Hall–Kier alpha value is -0.0900. The molecule has 1 aliphatic carbocycles. The molecule has 0 aliphatic heterocycles. The van der Waals surface area contributed by atoms with Gasteiger partial charge in [-0.25, -0.2) is 0 Å². The number of hydrogen-bond donors (Lipinski definition) is 1. The molecule has 1 aliphatic rings. The van der Waals surface area contributed by atoms with E-state index in [4.69, 9.17) is 4.55 Å². The first-order valence-corrected chi connectivity index (χ1v) is 6.39. The van der Waals surface area contributed by atoms with E-state index in [2.05, 4.69) is 6.92 Å². The predicted octanol–water partition coefficient (Wildman–Crippen LogP) is 2.09. The molecule has 0 spiro atoms. The minimum atomic E-state index is -3.84. The van der Waals surface area contributed by atoms with Crippen molar-refractivity contribution in [2.24, 2.45) is 11.8 Å². The molecular formula is C9H18O3S. The van der Waals surface area contributed by atoms with Crippen molar-refractivity contribution >= 4 is 10.1 Å². The average Bonchev–Trinajstić information content (AvgIpc) is 2.02. The number of rotatable bonds is 2. The Kier molecular flexibility index (Phi) is 3.35. The van der Waals surface area contributed by atoms with Crippen molar-refractivity contribution in [2.45, 2.75) is 44.8 Å². The first kappa shape index (κ1) is 11.0. The summed E-state index contributed by atoms with van der Waals surface area (Å²) in [7, 11) is -3.84. The second-order valence-electron chi connectivity index (χ2n) is 4.15. The van der Waals surface area contributed by atoms with Gasteiger partial charge in [0.15, 0.2) is 0 Å². The van der Waals surface area contributed by atoms with Crippen LogP contribution in [0.15, 0.2) is 0 Å². The molecule has 1 N–H and O–H groups in total. The lowest BCUT2D eigenvalue weighted by Gasteiger charge is -2.31. The van der Waals surface area contributed by atoms with E-state index in [0.29, 0.717) is 5.92 Å². The zero-order valence-corrected chi connectivity index (χ0v) is 9.05. The van der Waals surface area contributed by atoms with Gasteiger partial charge in [0, 0.05) is 0 Å². The topological polar surface area (TPSA) is 54.4 Å². The van der Waals surface area contributed by atoms with E-state index < -0.39 is 15.4 Å². The van der Waals surface area contributed by atoms with Crippen LogP contribution in [0.4, 0.5) is 0 Å². The molecule has 4 heteroatoms. The summed E-state index contributed by atoms with van der Waals surface area (Å²) in [5, 5.41) is -0.595. The zero-order valence-electron chi connectivity index (χ0n) is 8.23. The maximum Gasteiger partial charge on any atom is 0.267 e. The van der Waals surface area contributed by atoms with Crippen molar-refractivity contribution in [1.29, 1.82) is 0 Å². The molecule has 78 valence electrons. The van der Waals surface area contributed by atoms with Crippen LogP contribution in [0.25, 0.3) is 0 Å². The highest BCUT2D eigenvalue weighted by atomic mass is 32.2. The molecule has 0 saturated heterocycles. The lowest BCUT2D eigenvalue weighted by molar-refractivity contribution is 0.245.